The van der Waals surface area contributed by atoms with E-state index in [2.05, 4.69) is 41.0 Å². The van der Waals surface area contributed by atoms with E-state index in [1.807, 2.05) is 43.8 Å². The molecule has 1 atom stereocenters. The molecule has 0 saturated carbocycles. The molecule has 1 aromatic carbocycles. The van der Waals surface area contributed by atoms with Crippen LogP contribution in [0.25, 0.3) is 33.3 Å². The normalized spacial score (nSPS) is 12.7. The first-order chi connectivity index (χ1) is 14.4. The highest BCUT2D eigenvalue weighted by Gasteiger charge is 2.21. The summed E-state index contributed by atoms with van der Waals surface area (Å²) in [6.07, 6.45) is 7.05. The number of rotatable bonds is 3. The van der Waals surface area contributed by atoms with Crippen molar-refractivity contribution in [2.75, 3.05) is 0 Å². The number of pyridine rings is 1. The summed E-state index contributed by atoms with van der Waals surface area (Å²) in [6.45, 7) is 3.80. The van der Waals surface area contributed by atoms with Crippen LogP contribution in [0.5, 0.6) is 0 Å². The number of aryl methyl sites for hydroxylation is 2. The third-order valence-electron chi connectivity index (χ3n) is 5.23. The molecular weight excluding hydrogens is 449 g/mol. The van der Waals surface area contributed by atoms with Gasteiger partial charge in [-0.15, -0.1) is 0 Å². The Balaban J connectivity index is 1.65. The Hall–Kier alpha value is -3.20. The predicted molar refractivity (Wildman–Crippen MR) is 115 cm³/mol. The highest BCUT2D eigenvalue weighted by Crippen LogP contribution is 2.30. The highest BCUT2D eigenvalue weighted by atomic mass is 79.9. The first-order valence-electron chi connectivity index (χ1n) is 9.36. The van der Waals surface area contributed by atoms with Crippen LogP contribution in [0.2, 0.25) is 0 Å². The standard InChI is InChI=1S/C21H17BrFN7/c1-11(30-12(2)27-20-21(30)28-19(22)9-25-20)16-5-13-4-14(15-8-26-29(3)10-15)7-24-18(13)6-17(16)23/h4-11H,1-3H3/t11-/m1/s1. The summed E-state index contributed by atoms with van der Waals surface area (Å²) in [6, 6.07) is 5.00. The highest BCUT2D eigenvalue weighted by molar-refractivity contribution is 9.10. The quantitative estimate of drug-likeness (QED) is 0.389. The lowest BCUT2D eigenvalue weighted by Crippen LogP contribution is -2.11. The molecule has 0 aliphatic rings. The van der Waals surface area contributed by atoms with Crippen LogP contribution in [-0.2, 0) is 7.05 Å². The lowest BCUT2D eigenvalue weighted by molar-refractivity contribution is 0.557. The van der Waals surface area contributed by atoms with Gasteiger partial charge in [0, 0.05) is 47.6 Å². The summed E-state index contributed by atoms with van der Waals surface area (Å²) in [4.78, 5) is 17.7. The van der Waals surface area contributed by atoms with Crippen molar-refractivity contribution >= 4 is 38.1 Å². The fourth-order valence-electron chi connectivity index (χ4n) is 3.77. The molecule has 150 valence electrons. The fraction of sp³-hybridized carbons (Fsp3) is 0.190. The van der Waals surface area contributed by atoms with E-state index in [1.165, 1.54) is 6.07 Å². The molecule has 9 heteroatoms. The summed E-state index contributed by atoms with van der Waals surface area (Å²) in [7, 11) is 1.87. The topological polar surface area (TPSA) is 74.3 Å². The molecule has 0 fully saturated rings. The lowest BCUT2D eigenvalue weighted by Gasteiger charge is -2.18. The van der Waals surface area contributed by atoms with E-state index in [-0.39, 0.29) is 11.9 Å². The third-order valence-corrected chi connectivity index (χ3v) is 5.61. The van der Waals surface area contributed by atoms with Crippen molar-refractivity contribution in [1.82, 2.24) is 34.3 Å². The molecule has 0 N–H and O–H groups in total. The molecule has 0 saturated heterocycles. The number of fused-ring (bicyclic) bond motifs is 2. The van der Waals surface area contributed by atoms with Crippen molar-refractivity contribution in [3.05, 3.63) is 64.8 Å². The second kappa shape index (κ2) is 6.94. The Bertz CT molecular complexity index is 1420. The Morgan fingerprint density at radius 1 is 1.03 bits per heavy atom. The molecule has 0 aliphatic carbocycles. The van der Waals surface area contributed by atoms with Gasteiger partial charge in [0.1, 0.15) is 16.2 Å². The zero-order chi connectivity index (χ0) is 21.0. The van der Waals surface area contributed by atoms with E-state index in [4.69, 9.17) is 0 Å². The van der Waals surface area contributed by atoms with Gasteiger partial charge in [-0.3, -0.25) is 9.67 Å². The van der Waals surface area contributed by atoms with Crippen molar-refractivity contribution in [3.8, 4) is 11.1 Å². The Labute approximate surface area is 179 Å². The number of hydrogen-bond donors (Lipinski definition) is 0. The molecule has 4 heterocycles. The van der Waals surface area contributed by atoms with E-state index in [0.717, 1.165) is 22.3 Å². The largest absolute Gasteiger partial charge is 0.304 e. The van der Waals surface area contributed by atoms with Crippen LogP contribution in [0.15, 0.2) is 47.6 Å². The molecular formula is C21H17BrFN7. The molecule has 0 amide bonds. The maximum Gasteiger partial charge on any atom is 0.197 e. The number of halogens is 2. The lowest BCUT2D eigenvalue weighted by atomic mass is 10.0. The van der Waals surface area contributed by atoms with Crippen molar-refractivity contribution in [2.24, 2.45) is 7.05 Å². The van der Waals surface area contributed by atoms with E-state index in [1.54, 1.807) is 23.3 Å². The summed E-state index contributed by atoms with van der Waals surface area (Å²) in [5.41, 5.74) is 4.17. The molecule has 0 unspecified atom stereocenters. The minimum atomic E-state index is -0.329. The number of nitrogens with zero attached hydrogens (tertiary/aromatic N) is 7. The molecule has 4 aromatic heterocycles. The van der Waals surface area contributed by atoms with Gasteiger partial charge in [-0.2, -0.15) is 5.10 Å². The zero-order valence-corrected chi connectivity index (χ0v) is 18.1. The first-order valence-corrected chi connectivity index (χ1v) is 10.2. The Morgan fingerprint density at radius 3 is 2.63 bits per heavy atom. The van der Waals surface area contributed by atoms with Crippen molar-refractivity contribution < 1.29 is 4.39 Å². The minimum absolute atomic E-state index is 0.319. The van der Waals surface area contributed by atoms with Crippen molar-refractivity contribution in [2.45, 2.75) is 19.9 Å². The second-order valence-electron chi connectivity index (χ2n) is 7.24. The number of benzene rings is 1. The fourth-order valence-corrected chi connectivity index (χ4v) is 4.04. The maximum atomic E-state index is 15.1. The Kier molecular flexibility index (Phi) is 4.35. The van der Waals surface area contributed by atoms with Gasteiger partial charge in [0.2, 0.25) is 0 Å². The smallest absolute Gasteiger partial charge is 0.197 e. The molecule has 30 heavy (non-hydrogen) atoms. The van der Waals surface area contributed by atoms with E-state index in [0.29, 0.717) is 27.0 Å². The van der Waals surface area contributed by atoms with Crippen LogP contribution in [0.3, 0.4) is 0 Å². The Morgan fingerprint density at radius 2 is 1.87 bits per heavy atom. The summed E-state index contributed by atoms with van der Waals surface area (Å²) in [5, 5.41) is 5.07. The minimum Gasteiger partial charge on any atom is -0.304 e. The zero-order valence-electron chi connectivity index (χ0n) is 16.5. The van der Waals surface area contributed by atoms with Gasteiger partial charge in [0.25, 0.3) is 0 Å². The van der Waals surface area contributed by atoms with Crippen LogP contribution in [0.1, 0.15) is 24.4 Å². The van der Waals surface area contributed by atoms with Gasteiger partial charge in [0.15, 0.2) is 11.3 Å². The summed E-state index contributed by atoms with van der Waals surface area (Å²) in [5.74, 6) is 0.401. The van der Waals surface area contributed by atoms with Gasteiger partial charge >= 0.3 is 0 Å². The van der Waals surface area contributed by atoms with Crippen LogP contribution in [0, 0.1) is 12.7 Å². The van der Waals surface area contributed by atoms with Gasteiger partial charge in [-0.25, -0.2) is 19.3 Å². The maximum absolute atomic E-state index is 15.1. The van der Waals surface area contributed by atoms with Gasteiger partial charge < -0.3 is 4.57 Å². The van der Waals surface area contributed by atoms with Crippen molar-refractivity contribution in [1.29, 1.82) is 0 Å². The monoisotopic (exact) mass is 465 g/mol. The second-order valence-corrected chi connectivity index (χ2v) is 8.05. The van der Waals surface area contributed by atoms with Gasteiger partial charge in [-0.1, -0.05) is 0 Å². The predicted octanol–water partition coefficient (Wildman–Crippen LogP) is 4.59. The summed E-state index contributed by atoms with van der Waals surface area (Å²) < 4.78 is 19.3. The number of imidazole rings is 1. The van der Waals surface area contributed by atoms with Gasteiger partial charge in [-0.05, 0) is 41.9 Å². The van der Waals surface area contributed by atoms with Crippen LogP contribution < -0.4 is 0 Å². The van der Waals surface area contributed by atoms with E-state index >= 15 is 4.39 Å². The molecule has 5 aromatic rings. The summed E-state index contributed by atoms with van der Waals surface area (Å²) >= 11 is 3.36. The molecule has 7 nitrogen and oxygen atoms in total. The molecule has 0 spiro atoms. The number of hydrogen-bond acceptors (Lipinski definition) is 5. The van der Waals surface area contributed by atoms with Gasteiger partial charge in [0.05, 0.1) is 24.0 Å². The molecule has 0 bridgehead atoms. The number of aromatic nitrogens is 7. The molecule has 0 aliphatic heterocycles. The SMILES string of the molecule is Cc1nc2ncc(Br)nc2n1[C@H](C)c1cc2cc(-c3cnn(C)c3)cnc2cc1F. The van der Waals surface area contributed by atoms with E-state index in [9.17, 15) is 0 Å². The van der Waals surface area contributed by atoms with Crippen LogP contribution in [0.4, 0.5) is 4.39 Å². The third kappa shape index (κ3) is 3.06. The molecule has 5 rings (SSSR count). The van der Waals surface area contributed by atoms with Crippen LogP contribution >= 0.6 is 15.9 Å². The molecule has 0 radical (unpaired) electrons. The van der Waals surface area contributed by atoms with Crippen LogP contribution in [-0.4, -0.2) is 34.3 Å². The average Bonchev–Trinajstić information content (AvgIpc) is 3.29. The van der Waals surface area contributed by atoms with E-state index < -0.39 is 0 Å². The van der Waals surface area contributed by atoms with Crippen molar-refractivity contribution in [3.63, 3.8) is 0 Å². The first kappa shape index (κ1) is 18.8. The average molecular weight is 466 g/mol.